The van der Waals surface area contributed by atoms with Gasteiger partial charge in [-0.3, -0.25) is 14.5 Å². The van der Waals surface area contributed by atoms with E-state index >= 15 is 0 Å². The Hall–Kier alpha value is -1.88. The molecule has 0 saturated carbocycles. The third kappa shape index (κ3) is 3.72. The van der Waals surface area contributed by atoms with Crippen molar-refractivity contribution in [1.82, 2.24) is 4.90 Å². The van der Waals surface area contributed by atoms with E-state index in [2.05, 4.69) is 11.9 Å². The molecule has 2 aliphatic rings. The van der Waals surface area contributed by atoms with Crippen LogP contribution in [0.3, 0.4) is 0 Å². The van der Waals surface area contributed by atoms with E-state index in [1.807, 2.05) is 30.3 Å². The molecule has 0 N–H and O–H groups in total. The molecule has 0 aliphatic carbocycles. The van der Waals surface area contributed by atoms with Gasteiger partial charge in [-0.25, -0.2) is 0 Å². The molecule has 2 bridgehead atoms. The molecular weight excluding hydrogens is 294 g/mol. The molecule has 5 heteroatoms. The van der Waals surface area contributed by atoms with E-state index in [0.29, 0.717) is 12.5 Å². The first kappa shape index (κ1) is 16.0. The second-order valence-corrected chi connectivity index (χ2v) is 6.52. The number of carbonyl (C=O) groups is 2. The van der Waals surface area contributed by atoms with Gasteiger partial charge in [-0.1, -0.05) is 30.3 Å². The maximum Gasteiger partial charge on any atom is 0.310 e. The summed E-state index contributed by atoms with van der Waals surface area (Å²) in [6.07, 6.45) is 2.50. The van der Waals surface area contributed by atoms with Gasteiger partial charge in [0.1, 0.15) is 12.2 Å². The highest BCUT2D eigenvalue weighted by molar-refractivity contribution is 5.72. The van der Waals surface area contributed by atoms with Crippen LogP contribution in [0, 0.1) is 0 Å². The second kappa shape index (κ2) is 6.71. The molecule has 23 heavy (non-hydrogen) atoms. The van der Waals surface area contributed by atoms with Gasteiger partial charge in [-0.05, 0) is 12.6 Å². The summed E-state index contributed by atoms with van der Waals surface area (Å²) in [5.74, 6) is -0.428. The van der Waals surface area contributed by atoms with Gasteiger partial charge in [0, 0.05) is 32.2 Å². The molecule has 1 aromatic carbocycles. The monoisotopic (exact) mass is 317 g/mol. The first-order valence-electron chi connectivity index (χ1n) is 8.15. The van der Waals surface area contributed by atoms with Crippen LogP contribution in [-0.4, -0.2) is 48.2 Å². The smallest absolute Gasteiger partial charge is 0.310 e. The van der Waals surface area contributed by atoms with Crippen molar-refractivity contribution in [3.05, 3.63) is 35.9 Å². The van der Waals surface area contributed by atoms with Crippen molar-refractivity contribution in [2.45, 2.75) is 56.9 Å². The van der Waals surface area contributed by atoms with Crippen LogP contribution in [0.5, 0.6) is 0 Å². The second-order valence-electron chi connectivity index (χ2n) is 6.52. The van der Waals surface area contributed by atoms with Crippen molar-refractivity contribution in [3.63, 3.8) is 0 Å². The first-order valence-corrected chi connectivity index (χ1v) is 8.15. The van der Waals surface area contributed by atoms with Gasteiger partial charge in [-0.2, -0.15) is 0 Å². The number of nitrogens with zero attached hydrogens (tertiary/aromatic N) is 1. The lowest BCUT2D eigenvalue weighted by atomic mass is 10.00. The Bertz CT molecular complexity index is 574. The molecule has 3 rings (SSSR count). The first-order chi connectivity index (χ1) is 11.0. The molecular formula is C18H23NO4. The van der Waals surface area contributed by atoms with Crippen LogP contribution in [0.25, 0.3) is 0 Å². The highest BCUT2D eigenvalue weighted by atomic mass is 16.6. The maximum atomic E-state index is 12.1. The van der Waals surface area contributed by atoms with Gasteiger partial charge in [0.15, 0.2) is 0 Å². The number of fused-ring (bicyclic) bond motifs is 2. The summed E-state index contributed by atoms with van der Waals surface area (Å²) in [7, 11) is 2.06. The third-order valence-electron chi connectivity index (χ3n) is 4.88. The normalized spacial score (nSPS) is 30.0. The third-order valence-corrected chi connectivity index (χ3v) is 4.88. The summed E-state index contributed by atoms with van der Waals surface area (Å²) >= 11 is 0. The highest BCUT2D eigenvalue weighted by Gasteiger charge is 2.47. The summed E-state index contributed by atoms with van der Waals surface area (Å²) in [5, 5.41) is 0. The van der Waals surface area contributed by atoms with Gasteiger partial charge in [0.05, 0.1) is 12.5 Å². The molecule has 0 aromatic heterocycles. The number of likely N-dealkylation sites (N-methyl/N-ethyl adjacent to an activating group) is 1. The van der Waals surface area contributed by atoms with Crippen LogP contribution in [0.15, 0.2) is 30.3 Å². The average molecular weight is 317 g/mol. The minimum absolute atomic E-state index is 0.0830. The highest BCUT2D eigenvalue weighted by Crippen LogP contribution is 2.37. The lowest BCUT2D eigenvalue weighted by Crippen LogP contribution is -2.46. The number of rotatable bonds is 4. The van der Waals surface area contributed by atoms with E-state index in [1.54, 1.807) is 0 Å². The quantitative estimate of drug-likeness (QED) is 0.794. The molecule has 124 valence electrons. The van der Waals surface area contributed by atoms with E-state index in [1.165, 1.54) is 6.92 Å². The van der Waals surface area contributed by atoms with Gasteiger partial charge < -0.3 is 9.47 Å². The van der Waals surface area contributed by atoms with E-state index < -0.39 is 0 Å². The SMILES string of the molecule is CC(=O)O[C@@H]1C[C@@H]2C[C@@H](OC(=O)Cc3ccccc3)C[C@H]1N2C. The maximum absolute atomic E-state index is 12.1. The summed E-state index contributed by atoms with van der Waals surface area (Å²) in [5.41, 5.74) is 0.964. The van der Waals surface area contributed by atoms with Crippen molar-refractivity contribution in [2.75, 3.05) is 7.05 Å². The molecule has 2 heterocycles. The zero-order chi connectivity index (χ0) is 16.4. The number of esters is 2. The molecule has 2 saturated heterocycles. The molecule has 2 fully saturated rings. The fourth-order valence-corrected chi connectivity index (χ4v) is 3.80. The zero-order valence-electron chi connectivity index (χ0n) is 13.6. The van der Waals surface area contributed by atoms with E-state index in [-0.39, 0.29) is 30.2 Å². The molecule has 1 aromatic rings. The molecule has 4 atom stereocenters. The fourth-order valence-electron chi connectivity index (χ4n) is 3.80. The van der Waals surface area contributed by atoms with Crippen LogP contribution in [-0.2, 0) is 25.5 Å². The van der Waals surface area contributed by atoms with Crippen LogP contribution in [0.2, 0.25) is 0 Å². The lowest BCUT2D eigenvalue weighted by Gasteiger charge is -2.36. The Kier molecular flexibility index (Phi) is 4.66. The van der Waals surface area contributed by atoms with Crippen molar-refractivity contribution in [2.24, 2.45) is 0 Å². The molecule has 0 radical (unpaired) electrons. The van der Waals surface area contributed by atoms with E-state index in [0.717, 1.165) is 24.8 Å². The fraction of sp³-hybridized carbons (Fsp3) is 0.556. The van der Waals surface area contributed by atoms with Crippen LogP contribution in [0.4, 0.5) is 0 Å². The van der Waals surface area contributed by atoms with Gasteiger partial charge in [0.2, 0.25) is 0 Å². The number of benzene rings is 1. The Morgan fingerprint density at radius 1 is 1.13 bits per heavy atom. The Morgan fingerprint density at radius 3 is 2.57 bits per heavy atom. The molecule has 0 unspecified atom stereocenters. The molecule has 0 spiro atoms. The number of ether oxygens (including phenoxy) is 2. The summed E-state index contributed by atoms with van der Waals surface area (Å²) in [6, 6.07) is 10.1. The van der Waals surface area contributed by atoms with Gasteiger partial charge in [-0.15, -0.1) is 0 Å². The largest absolute Gasteiger partial charge is 0.462 e. The van der Waals surface area contributed by atoms with Crippen molar-refractivity contribution < 1.29 is 19.1 Å². The molecule has 0 amide bonds. The number of hydrogen-bond donors (Lipinski definition) is 0. The summed E-state index contributed by atoms with van der Waals surface area (Å²) in [6.45, 7) is 1.44. The minimum atomic E-state index is -0.242. The Morgan fingerprint density at radius 2 is 1.87 bits per heavy atom. The predicted molar refractivity (Wildman–Crippen MR) is 84.8 cm³/mol. The Labute approximate surface area is 136 Å². The van der Waals surface area contributed by atoms with Crippen molar-refractivity contribution in [1.29, 1.82) is 0 Å². The summed E-state index contributed by atoms with van der Waals surface area (Å²) < 4.78 is 11.1. The Balaban J connectivity index is 1.56. The standard InChI is InChI=1S/C18H23NO4/c1-12(20)22-17-10-14-9-15(11-16(17)19(14)2)23-18(21)8-13-6-4-3-5-7-13/h3-7,14-17H,8-11H2,1-2H3/t14-,15+,16+,17+/m0/s1. The molecule has 2 aliphatic heterocycles. The topological polar surface area (TPSA) is 55.8 Å². The van der Waals surface area contributed by atoms with Crippen LogP contribution >= 0.6 is 0 Å². The van der Waals surface area contributed by atoms with Crippen molar-refractivity contribution >= 4 is 11.9 Å². The number of piperidine rings is 1. The van der Waals surface area contributed by atoms with E-state index in [4.69, 9.17) is 9.47 Å². The van der Waals surface area contributed by atoms with Gasteiger partial charge >= 0.3 is 11.9 Å². The minimum Gasteiger partial charge on any atom is -0.462 e. The van der Waals surface area contributed by atoms with E-state index in [9.17, 15) is 9.59 Å². The zero-order valence-corrected chi connectivity index (χ0v) is 13.6. The van der Waals surface area contributed by atoms with Crippen LogP contribution in [0.1, 0.15) is 31.7 Å². The summed E-state index contributed by atoms with van der Waals surface area (Å²) in [4.78, 5) is 25.6. The predicted octanol–water partition coefficient (Wildman–Crippen LogP) is 1.94. The van der Waals surface area contributed by atoms with Gasteiger partial charge in [0.25, 0.3) is 0 Å². The van der Waals surface area contributed by atoms with Crippen LogP contribution < -0.4 is 0 Å². The molecule has 5 nitrogen and oxygen atoms in total. The number of carbonyl (C=O) groups excluding carboxylic acids is 2. The lowest BCUT2D eigenvalue weighted by molar-refractivity contribution is -0.154. The number of hydrogen-bond acceptors (Lipinski definition) is 5. The average Bonchev–Trinajstić information content (AvgIpc) is 2.67. The van der Waals surface area contributed by atoms with Crippen molar-refractivity contribution in [3.8, 4) is 0 Å².